The van der Waals surface area contributed by atoms with Gasteiger partial charge >= 0.3 is 5.97 Å². The van der Waals surface area contributed by atoms with Crippen molar-refractivity contribution >= 4 is 5.97 Å². The predicted octanol–water partition coefficient (Wildman–Crippen LogP) is 0.291. The number of aromatic nitrogens is 2. The van der Waals surface area contributed by atoms with Gasteiger partial charge in [-0.25, -0.2) is 0 Å². The van der Waals surface area contributed by atoms with E-state index in [1.165, 1.54) is 7.11 Å². The zero-order valence-corrected chi connectivity index (χ0v) is 8.65. The molecule has 0 spiro atoms. The topological polar surface area (TPSA) is 70.1 Å². The molecule has 0 fully saturated rings. The molecule has 5 heteroatoms. The molecule has 1 aromatic heterocycles. The van der Waals surface area contributed by atoms with E-state index in [-0.39, 0.29) is 18.4 Å². The van der Waals surface area contributed by atoms with Gasteiger partial charge in [0, 0.05) is 24.8 Å². The lowest BCUT2D eigenvalue weighted by Crippen LogP contribution is -2.16. The van der Waals surface area contributed by atoms with Gasteiger partial charge in [-0.3, -0.25) is 9.48 Å². The number of carbonyl (C=O) groups excluding carboxylic acids is 1. The first-order chi connectivity index (χ1) is 6.54. The maximum Gasteiger partial charge on any atom is 0.307 e. The van der Waals surface area contributed by atoms with Crippen LogP contribution in [0.3, 0.4) is 0 Å². The molecule has 2 N–H and O–H groups in total. The Hall–Kier alpha value is -1.36. The average Bonchev–Trinajstić information content (AvgIpc) is 2.45. The van der Waals surface area contributed by atoms with Crippen LogP contribution in [0.5, 0.6) is 0 Å². The monoisotopic (exact) mass is 197 g/mol. The summed E-state index contributed by atoms with van der Waals surface area (Å²) < 4.78 is 6.23. The molecule has 1 rings (SSSR count). The SMILES string of the molecule is COC(=O)C[C@H](N)c1cn(C)nc1C. The molecule has 1 heterocycles. The van der Waals surface area contributed by atoms with Gasteiger partial charge in [0.25, 0.3) is 0 Å². The molecule has 1 aromatic rings. The van der Waals surface area contributed by atoms with Crippen molar-refractivity contribution < 1.29 is 9.53 Å². The maximum absolute atomic E-state index is 11.0. The smallest absolute Gasteiger partial charge is 0.307 e. The Labute approximate surface area is 82.8 Å². The first kappa shape index (κ1) is 10.7. The van der Waals surface area contributed by atoms with Crippen molar-refractivity contribution in [3.05, 3.63) is 17.5 Å². The lowest BCUT2D eigenvalue weighted by atomic mass is 10.1. The van der Waals surface area contributed by atoms with Crippen LogP contribution in [0.15, 0.2) is 6.20 Å². The van der Waals surface area contributed by atoms with E-state index in [4.69, 9.17) is 5.73 Å². The molecule has 0 saturated heterocycles. The van der Waals surface area contributed by atoms with Crippen molar-refractivity contribution in [1.82, 2.24) is 9.78 Å². The Morgan fingerprint density at radius 2 is 2.43 bits per heavy atom. The van der Waals surface area contributed by atoms with Crippen LogP contribution in [0, 0.1) is 6.92 Å². The highest BCUT2D eigenvalue weighted by Gasteiger charge is 2.15. The molecule has 0 unspecified atom stereocenters. The van der Waals surface area contributed by atoms with E-state index in [1.807, 2.05) is 20.2 Å². The minimum atomic E-state index is -0.337. The van der Waals surface area contributed by atoms with E-state index in [1.54, 1.807) is 4.68 Å². The molecular weight excluding hydrogens is 182 g/mol. The highest BCUT2D eigenvalue weighted by Crippen LogP contribution is 2.17. The number of nitrogens with two attached hydrogens (primary N) is 1. The van der Waals surface area contributed by atoms with Crippen LogP contribution in [-0.2, 0) is 16.6 Å². The van der Waals surface area contributed by atoms with E-state index < -0.39 is 0 Å². The molecule has 0 radical (unpaired) electrons. The fourth-order valence-electron chi connectivity index (χ4n) is 1.35. The molecule has 14 heavy (non-hydrogen) atoms. The minimum Gasteiger partial charge on any atom is -0.469 e. The molecule has 0 aromatic carbocycles. The number of carbonyl (C=O) groups is 1. The van der Waals surface area contributed by atoms with Crippen molar-refractivity contribution in [2.45, 2.75) is 19.4 Å². The molecule has 78 valence electrons. The van der Waals surface area contributed by atoms with Crippen molar-refractivity contribution in [1.29, 1.82) is 0 Å². The van der Waals surface area contributed by atoms with Gasteiger partial charge in [0.15, 0.2) is 0 Å². The van der Waals surface area contributed by atoms with E-state index in [2.05, 4.69) is 9.84 Å². The number of ether oxygens (including phenoxy) is 1. The van der Waals surface area contributed by atoms with Crippen LogP contribution in [0.4, 0.5) is 0 Å². The van der Waals surface area contributed by atoms with Crippen molar-refractivity contribution in [2.75, 3.05) is 7.11 Å². The van der Waals surface area contributed by atoms with Crippen LogP contribution in [0.25, 0.3) is 0 Å². The molecule has 0 aliphatic carbocycles. The van der Waals surface area contributed by atoms with Gasteiger partial charge in [-0.05, 0) is 6.92 Å². The molecule has 0 bridgehead atoms. The number of esters is 1. The standard InChI is InChI=1S/C9H15N3O2/c1-6-7(5-12(2)11-6)8(10)4-9(13)14-3/h5,8H,4,10H2,1-3H3/t8-/m0/s1. The van der Waals surface area contributed by atoms with E-state index in [0.717, 1.165) is 11.3 Å². The predicted molar refractivity (Wildman–Crippen MR) is 51.5 cm³/mol. The summed E-state index contributed by atoms with van der Waals surface area (Å²) in [6.07, 6.45) is 2.01. The average molecular weight is 197 g/mol. The summed E-state index contributed by atoms with van der Waals surface area (Å²) in [5, 5.41) is 4.15. The van der Waals surface area contributed by atoms with Crippen molar-refractivity contribution in [3.63, 3.8) is 0 Å². The maximum atomic E-state index is 11.0. The van der Waals surface area contributed by atoms with E-state index in [9.17, 15) is 4.79 Å². The van der Waals surface area contributed by atoms with Gasteiger partial charge < -0.3 is 10.5 Å². The number of hydrogen-bond donors (Lipinski definition) is 1. The summed E-state index contributed by atoms with van der Waals surface area (Å²) >= 11 is 0. The number of methoxy groups -OCH3 is 1. The van der Waals surface area contributed by atoms with Gasteiger partial charge in [0.05, 0.1) is 19.2 Å². The molecular formula is C9H15N3O2. The number of nitrogens with zero attached hydrogens (tertiary/aromatic N) is 2. The number of hydrogen-bond acceptors (Lipinski definition) is 4. The fraction of sp³-hybridized carbons (Fsp3) is 0.556. The minimum absolute atomic E-state index is 0.184. The quantitative estimate of drug-likeness (QED) is 0.707. The second kappa shape index (κ2) is 4.23. The van der Waals surface area contributed by atoms with Gasteiger partial charge in [-0.1, -0.05) is 0 Å². The van der Waals surface area contributed by atoms with Crippen LogP contribution in [0.1, 0.15) is 23.7 Å². The number of aryl methyl sites for hydroxylation is 2. The highest BCUT2D eigenvalue weighted by atomic mass is 16.5. The molecule has 0 saturated carbocycles. The summed E-state index contributed by atoms with van der Waals surface area (Å²) in [7, 11) is 3.17. The number of rotatable bonds is 3. The summed E-state index contributed by atoms with van der Waals surface area (Å²) in [4.78, 5) is 11.0. The highest BCUT2D eigenvalue weighted by molar-refractivity contribution is 5.70. The molecule has 0 amide bonds. The van der Waals surface area contributed by atoms with Gasteiger partial charge in [0.1, 0.15) is 0 Å². The summed E-state index contributed by atoms with van der Waals surface area (Å²) in [5.74, 6) is -0.305. The fourth-order valence-corrected chi connectivity index (χ4v) is 1.35. The third-order valence-corrected chi connectivity index (χ3v) is 2.07. The van der Waals surface area contributed by atoms with Crippen LogP contribution in [0.2, 0.25) is 0 Å². The Morgan fingerprint density at radius 1 is 1.79 bits per heavy atom. The Kier molecular flexibility index (Phi) is 3.24. The zero-order chi connectivity index (χ0) is 10.7. The second-order valence-corrected chi connectivity index (χ2v) is 3.23. The first-order valence-corrected chi connectivity index (χ1v) is 4.37. The Bertz CT molecular complexity index is 333. The molecule has 0 aliphatic heterocycles. The third-order valence-electron chi connectivity index (χ3n) is 2.07. The van der Waals surface area contributed by atoms with Crippen LogP contribution in [-0.4, -0.2) is 22.9 Å². The van der Waals surface area contributed by atoms with Crippen molar-refractivity contribution in [3.8, 4) is 0 Å². The Balaban J connectivity index is 2.73. The normalized spacial score (nSPS) is 12.6. The first-order valence-electron chi connectivity index (χ1n) is 4.37. The summed E-state index contributed by atoms with van der Waals surface area (Å²) in [6.45, 7) is 1.87. The van der Waals surface area contributed by atoms with Gasteiger partial charge in [0.2, 0.25) is 0 Å². The van der Waals surface area contributed by atoms with Crippen LogP contribution >= 0.6 is 0 Å². The third kappa shape index (κ3) is 2.32. The van der Waals surface area contributed by atoms with Crippen molar-refractivity contribution in [2.24, 2.45) is 12.8 Å². The van der Waals surface area contributed by atoms with E-state index >= 15 is 0 Å². The lowest BCUT2D eigenvalue weighted by molar-refractivity contribution is -0.141. The van der Waals surface area contributed by atoms with Gasteiger partial charge in [-0.15, -0.1) is 0 Å². The molecule has 1 atom stereocenters. The lowest BCUT2D eigenvalue weighted by Gasteiger charge is -2.08. The summed E-state index contributed by atoms with van der Waals surface area (Å²) in [6, 6.07) is -0.337. The molecule has 0 aliphatic rings. The molecule has 5 nitrogen and oxygen atoms in total. The van der Waals surface area contributed by atoms with Gasteiger partial charge in [-0.2, -0.15) is 5.10 Å². The zero-order valence-electron chi connectivity index (χ0n) is 8.65. The van der Waals surface area contributed by atoms with E-state index in [0.29, 0.717) is 0 Å². The Morgan fingerprint density at radius 3 is 2.86 bits per heavy atom. The largest absolute Gasteiger partial charge is 0.469 e. The van der Waals surface area contributed by atoms with Crippen LogP contribution < -0.4 is 5.73 Å². The summed E-state index contributed by atoms with van der Waals surface area (Å²) in [5.41, 5.74) is 7.57. The second-order valence-electron chi connectivity index (χ2n) is 3.23.